The van der Waals surface area contributed by atoms with Gasteiger partial charge in [0.05, 0.1) is 16.9 Å². The topological polar surface area (TPSA) is 85.4 Å². The molecule has 5 aliphatic rings. The molecule has 2 aliphatic carbocycles. The summed E-state index contributed by atoms with van der Waals surface area (Å²) in [6.07, 6.45) is -1.34. The van der Waals surface area contributed by atoms with E-state index in [-0.39, 0.29) is 18.4 Å². The number of rotatable bonds is 1. The van der Waals surface area contributed by atoms with E-state index in [0.717, 1.165) is 5.57 Å². The zero-order valence-electron chi connectivity index (χ0n) is 11.8. The minimum atomic E-state index is -1.35. The summed E-state index contributed by atoms with van der Waals surface area (Å²) in [7, 11) is 0. The maximum absolute atomic E-state index is 12.3. The van der Waals surface area contributed by atoms with Crippen LogP contribution in [0.4, 0.5) is 0 Å². The van der Waals surface area contributed by atoms with Crippen LogP contribution in [0.25, 0.3) is 0 Å². The van der Waals surface area contributed by atoms with E-state index in [9.17, 15) is 14.7 Å². The molecule has 6 heteroatoms. The summed E-state index contributed by atoms with van der Waals surface area (Å²) in [6.45, 7) is 7.55. The highest BCUT2D eigenvalue weighted by Crippen LogP contribution is 2.76. The van der Waals surface area contributed by atoms with Gasteiger partial charge in [-0.2, -0.15) is 0 Å². The van der Waals surface area contributed by atoms with Gasteiger partial charge in [0.2, 0.25) is 5.60 Å². The van der Waals surface area contributed by atoms with Crippen LogP contribution < -0.4 is 0 Å². The average molecular weight is 292 g/mol. The minimum Gasteiger partial charge on any atom is -0.457 e. The van der Waals surface area contributed by atoms with E-state index in [4.69, 9.17) is 14.2 Å². The smallest absolute Gasteiger partial charge is 0.342 e. The third kappa shape index (κ3) is 0.874. The molecular formula is C15H16O6. The largest absolute Gasteiger partial charge is 0.457 e. The number of ether oxygens (including phenoxy) is 3. The lowest BCUT2D eigenvalue weighted by Gasteiger charge is -2.51. The van der Waals surface area contributed by atoms with Crippen LogP contribution in [0.3, 0.4) is 0 Å². The van der Waals surface area contributed by atoms with E-state index < -0.39 is 46.7 Å². The van der Waals surface area contributed by atoms with E-state index in [0.29, 0.717) is 0 Å². The maximum Gasteiger partial charge on any atom is 0.342 e. The number of hydrogen-bond donors (Lipinski definition) is 1. The number of carbonyl (C=O) groups is 2. The van der Waals surface area contributed by atoms with Gasteiger partial charge in [-0.25, -0.2) is 4.79 Å². The molecule has 1 N–H and O–H groups in total. The first-order valence-electron chi connectivity index (χ1n) is 7.26. The van der Waals surface area contributed by atoms with E-state index >= 15 is 0 Å². The first kappa shape index (κ1) is 12.2. The summed E-state index contributed by atoms with van der Waals surface area (Å²) in [5.74, 6) is -1.86. The van der Waals surface area contributed by atoms with Crippen molar-refractivity contribution in [1.82, 2.24) is 0 Å². The molecule has 1 spiro atoms. The van der Waals surface area contributed by atoms with Crippen LogP contribution in [0.2, 0.25) is 0 Å². The van der Waals surface area contributed by atoms with Crippen molar-refractivity contribution in [3.63, 3.8) is 0 Å². The van der Waals surface area contributed by atoms with Gasteiger partial charge in [-0.3, -0.25) is 4.79 Å². The second-order valence-electron chi connectivity index (χ2n) is 7.25. The molecule has 2 saturated carbocycles. The van der Waals surface area contributed by atoms with E-state index in [1.54, 1.807) is 6.92 Å². The summed E-state index contributed by atoms with van der Waals surface area (Å²) >= 11 is 0. The van der Waals surface area contributed by atoms with Crippen molar-refractivity contribution in [2.75, 3.05) is 0 Å². The Kier molecular flexibility index (Phi) is 1.68. The average Bonchev–Trinajstić information content (AvgIpc) is 2.86. The second-order valence-corrected chi connectivity index (χ2v) is 7.25. The molecule has 0 aromatic carbocycles. The van der Waals surface area contributed by atoms with E-state index in [1.807, 2.05) is 6.92 Å². The van der Waals surface area contributed by atoms with Gasteiger partial charge in [0.15, 0.2) is 6.10 Å². The highest BCUT2D eigenvalue weighted by atomic mass is 16.7. The van der Waals surface area contributed by atoms with Crippen molar-refractivity contribution in [1.29, 1.82) is 0 Å². The van der Waals surface area contributed by atoms with Gasteiger partial charge in [-0.1, -0.05) is 12.2 Å². The molecule has 3 saturated heterocycles. The lowest BCUT2D eigenvalue weighted by atomic mass is 9.53. The molecule has 5 fully saturated rings. The third-order valence-corrected chi connectivity index (χ3v) is 6.60. The second kappa shape index (κ2) is 2.90. The molecule has 2 bridgehead atoms. The molecule has 0 amide bonds. The van der Waals surface area contributed by atoms with Crippen LogP contribution in [0.15, 0.2) is 12.2 Å². The maximum atomic E-state index is 12.3. The predicted octanol–water partition coefficient (Wildman–Crippen LogP) is -0.0620. The highest BCUT2D eigenvalue weighted by molar-refractivity contribution is 5.91. The van der Waals surface area contributed by atoms with Crippen molar-refractivity contribution in [2.45, 2.75) is 49.8 Å². The van der Waals surface area contributed by atoms with Crippen LogP contribution in [0.1, 0.15) is 20.3 Å². The summed E-state index contributed by atoms with van der Waals surface area (Å²) < 4.78 is 16.6. The standard InChI is InChI=1S/C15H16O6/c1-5(2)7-8-11(16)19-9(7)10-13(3)14(8,18)4-6-15(13,21-6)12(17)20-10/h6-10,18H,1,4H2,2-3H3/t6?,7-,8?,9-,10-,13-,14-,15+/m1/s1. The Morgan fingerprint density at radius 2 is 2.10 bits per heavy atom. The van der Waals surface area contributed by atoms with Gasteiger partial charge in [0, 0.05) is 12.3 Å². The van der Waals surface area contributed by atoms with Gasteiger partial charge in [0.1, 0.15) is 12.2 Å². The van der Waals surface area contributed by atoms with Crippen molar-refractivity contribution in [3.05, 3.63) is 12.2 Å². The molecule has 21 heavy (non-hydrogen) atoms. The van der Waals surface area contributed by atoms with Crippen LogP contribution in [-0.2, 0) is 23.8 Å². The Morgan fingerprint density at radius 1 is 1.38 bits per heavy atom. The van der Waals surface area contributed by atoms with E-state index in [1.165, 1.54) is 0 Å². The Balaban J connectivity index is 1.78. The van der Waals surface area contributed by atoms with Gasteiger partial charge in [-0.05, 0) is 13.8 Å². The fourth-order valence-electron chi connectivity index (χ4n) is 5.59. The monoisotopic (exact) mass is 292 g/mol. The zero-order chi connectivity index (χ0) is 14.9. The Morgan fingerprint density at radius 3 is 2.76 bits per heavy atom. The summed E-state index contributed by atoms with van der Waals surface area (Å²) in [5.41, 5.74) is -2.60. The number of esters is 2. The number of aliphatic hydroxyl groups is 1. The molecule has 0 radical (unpaired) electrons. The zero-order valence-corrected chi connectivity index (χ0v) is 11.8. The van der Waals surface area contributed by atoms with Crippen molar-refractivity contribution >= 4 is 11.9 Å². The van der Waals surface area contributed by atoms with Gasteiger partial charge in [-0.15, -0.1) is 0 Å². The first-order chi connectivity index (χ1) is 9.79. The van der Waals surface area contributed by atoms with Crippen molar-refractivity contribution in [3.8, 4) is 0 Å². The number of hydrogen-bond acceptors (Lipinski definition) is 6. The molecule has 5 rings (SSSR count). The number of carbonyl (C=O) groups excluding carboxylic acids is 2. The number of fused-ring (bicyclic) bond motifs is 4. The SMILES string of the molecule is C=C(C)[C@@H]1C2C(=O)O[C@H]1[C@H]1OC(=O)[C@@]34OC3C[C@]2(O)[C@@]14C. The van der Waals surface area contributed by atoms with Gasteiger partial charge >= 0.3 is 11.9 Å². The molecule has 3 aliphatic heterocycles. The first-order valence-corrected chi connectivity index (χ1v) is 7.26. The lowest BCUT2D eigenvalue weighted by molar-refractivity contribution is -0.195. The van der Waals surface area contributed by atoms with E-state index in [2.05, 4.69) is 6.58 Å². The lowest BCUT2D eigenvalue weighted by Crippen LogP contribution is -2.66. The minimum absolute atomic E-state index is 0.269. The molecule has 112 valence electrons. The van der Waals surface area contributed by atoms with Crippen LogP contribution in [0, 0.1) is 17.3 Å². The van der Waals surface area contributed by atoms with Crippen LogP contribution in [0.5, 0.6) is 0 Å². The van der Waals surface area contributed by atoms with Crippen molar-refractivity contribution in [2.24, 2.45) is 17.3 Å². The number of epoxide rings is 1. The molecule has 6 nitrogen and oxygen atoms in total. The predicted molar refractivity (Wildman–Crippen MR) is 66.8 cm³/mol. The third-order valence-electron chi connectivity index (χ3n) is 6.60. The Labute approximate surface area is 121 Å². The fraction of sp³-hybridized carbons (Fsp3) is 0.733. The molecule has 0 aromatic heterocycles. The fourth-order valence-corrected chi connectivity index (χ4v) is 5.59. The molecule has 3 heterocycles. The molecule has 0 aromatic rings. The molecular weight excluding hydrogens is 276 g/mol. The summed E-state index contributed by atoms with van der Waals surface area (Å²) in [4.78, 5) is 24.7. The molecule has 2 unspecified atom stereocenters. The molecule has 8 atom stereocenters. The Hall–Kier alpha value is -1.40. The summed E-state index contributed by atoms with van der Waals surface area (Å²) in [6, 6.07) is 0. The van der Waals surface area contributed by atoms with Gasteiger partial charge < -0.3 is 19.3 Å². The van der Waals surface area contributed by atoms with Crippen LogP contribution in [-0.4, -0.2) is 46.6 Å². The van der Waals surface area contributed by atoms with Crippen LogP contribution >= 0.6 is 0 Å². The Bertz CT molecular complexity index is 642. The summed E-state index contributed by atoms with van der Waals surface area (Å²) in [5, 5.41) is 11.4. The highest BCUT2D eigenvalue weighted by Gasteiger charge is 2.95. The normalized spacial score (nSPS) is 62.0. The quantitative estimate of drug-likeness (QED) is 0.414. The van der Waals surface area contributed by atoms with Gasteiger partial charge in [0.25, 0.3) is 0 Å². The van der Waals surface area contributed by atoms with Crippen molar-refractivity contribution < 1.29 is 28.9 Å².